The molecule has 1 saturated heterocycles. The van der Waals surface area contributed by atoms with Gasteiger partial charge in [0.05, 0.1) is 17.4 Å². The van der Waals surface area contributed by atoms with Crippen LogP contribution in [0, 0.1) is 12.8 Å². The summed E-state index contributed by atoms with van der Waals surface area (Å²) in [5, 5.41) is 17.3. The molecule has 3 aliphatic heterocycles. The van der Waals surface area contributed by atoms with E-state index < -0.39 is 23.9 Å². The van der Waals surface area contributed by atoms with Crippen LogP contribution >= 0.6 is 23.2 Å². The fourth-order valence-corrected chi connectivity index (χ4v) is 6.73. The molecule has 4 atom stereocenters. The molecule has 222 valence electrons. The topological polar surface area (TPSA) is 98.0 Å². The van der Waals surface area contributed by atoms with Gasteiger partial charge >= 0.3 is 0 Å². The van der Waals surface area contributed by atoms with Gasteiger partial charge in [-0.25, -0.2) is 9.91 Å². The lowest BCUT2D eigenvalue weighted by Crippen LogP contribution is -2.45. The van der Waals surface area contributed by atoms with Crippen molar-refractivity contribution in [1.82, 2.24) is 10.0 Å². The monoisotopic (exact) mass is 626 g/mol. The Balaban J connectivity index is 1.18. The van der Waals surface area contributed by atoms with Crippen molar-refractivity contribution >= 4 is 58.4 Å². The Hall–Kier alpha value is -4.34. The van der Waals surface area contributed by atoms with Gasteiger partial charge in [0, 0.05) is 16.0 Å². The first-order valence-corrected chi connectivity index (χ1v) is 15.3. The maximum absolute atomic E-state index is 14.1. The molecular weight excluding hydrogens is 599 g/mol. The van der Waals surface area contributed by atoms with E-state index in [0.717, 1.165) is 52.1 Å². The van der Waals surface area contributed by atoms with Crippen molar-refractivity contribution in [2.24, 2.45) is 21.4 Å². The predicted molar refractivity (Wildman–Crippen MR) is 168 cm³/mol. The lowest BCUT2D eigenvalue weighted by Gasteiger charge is -2.30. The quantitative estimate of drug-likeness (QED) is 0.305. The number of rotatable bonds is 5. The average Bonchev–Trinajstić information content (AvgIpc) is 3.69. The number of carbonyl (C=O) groups excluding carboxylic acids is 3. The van der Waals surface area contributed by atoms with E-state index in [0.29, 0.717) is 15.7 Å². The Labute approximate surface area is 264 Å². The molecule has 3 aromatic rings. The van der Waals surface area contributed by atoms with E-state index in [1.807, 2.05) is 67.6 Å². The summed E-state index contributed by atoms with van der Waals surface area (Å²) < 4.78 is 0. The Morgan fingerprint density at radius 2 is 1.59 bits per heavy atom. The molecule has 0 bridgehead atoms. The SMILES string of the molecule is Cc1ccc(N2C(=O)[C@@H]3N=NN(CC(=O)N4N=C5/C(=C/c6ccc(Cl)cc6)CCC[C@H]5[C@H]4c4ccc(Cl)cc4)[C@H]3C2=O)cc1. The van der Waals surface area contributed by atoms with Crippen LogP contribution in [-0.2, 0) is 14.4 Å². The molecule has 1 saturated carbocycles. The number of benzene rings is 3. The number of imide groups is 1. The van der Waals surface area contributed by atoms with Crippen LogP contribution in [0.5, 0.6) is 0 Å². The lowest BCUT2D eigenvalue weighted by molar-refractivity contribution is -0.136. The minimum Gasteiger partial charge on any atom is -0.271 e. The zero-order valence-electron chi connectivity index (χ0n) is 23.8. The number of carbonyl (C=O) groups is 3. The molecule has 0 spiro atoms. The molecule has 3 heterocycles. The van der Waals surface area contributed by atoms with Crippen LogP contribution in [0.3, 0.4) is 0 Å². The second-order valence-electron chi connectivity index (χ2n) is 11.5. The minimum absolute atomic E-state index is 0.0212. The molecule has 4 aliphatic rings. The molecule has 0 unspecified atom stereocenters. The third-order valence-corrected chi connectivity index (χ3v) is 9.13. The Bertz CT molecular complexity index is 1740. The molecule has 0 radical (unpaired) electrons. The summed E-state index contributed by atoms with van der Waals surface area (Å²) in [6.45, 7) is 1.68. The van der Waals surface area contributed by atoms with E-state index in [2.05, 4.69) is 16.4 Å². The van der Waals surface area contributed by atoms with Crippen LogP contribution in [0.2, 0.25) is 10.0 Å². The van der Waals surface area contributed by atoms with E-state index in [1.165, 1.54) is 10.0 Å². The maximum Gasteiger partial charge on any atom is 0.264 e. The molecule has 3 aromatic carbocycles. The zero-order chi connectivity index (χ0) is 30.5. The van der Waals surface area contributed by atoms with E-state index in [9.17, 15) is 14.4 Å². The molecule has 0 N–H and O–H groups in total. The fraction of sp³-hybridized carbons (Fsp3) is 0.273. The van der Waals surface area contributed by atoms with Gasteiger partial charge in [0.15, 0.2) is 12.1 Å². The van der Waals surface area contributed by atoms with E-state index in [1.54, 1.807) is 12.1 Å². The minimum atomic E-state index is -0.995. The number of anilines is 1. The third-order valence-electron chi connectivity index (χ3n) is 8.63. The van der Waals surface area contributed by atoms with Crippen LogP contribution in [0.4, 0.5) is 5.69 Å². The Kier molecular flexibility index (Phi) is 7.30. The van der Waals surface area contributed by atoms with Crippen molar-refractivity contribution in [2.45, 2.75) is 44.3 Å². The first-order valence-electron chi connectivity index (χ1n) is 14.5. The number of nitrogens with zero attached hydrogens (tertiary/aromatic N) is 6. The lowest BCUT2D eigenvalue weighted by atomic mass is 9.77. The van der Waals surface area contributed by atoms with Gasteiger partial charge in [-0.15, -0.1) is 0 Å². The molecular formula is C33H28Cl2N6O3. The standard InChI is InChI=1S/C33H28Cl2N6O3/c1-19-5-15-25(16-6-19)40-32(43)29-31(33(40)44)39(38-36-29)18-27(42)41-30(21-9-13-24(35)14-10-21)26-4-2-3-22(28(26)37-41)17-20-7-11-23(34)12-8-20/h5-17,26,29-31H,2-4,18H2,1H3/b22-17+/t26-,29-,30-,31-/m1/s1. The first kappa shape index (κ1) is 28.4. The van der Waals surface area contributed by atoms with Crippen LogP contribution in [0.25, 0.3) is 6.08 Å². The van der Waals surface area contributed by atoms with Gasteiger partial charge in [-0.05, 0) is 85.4 Å². The highest BCUT2D eigenvalue weighted by Crippen LogP contribution is 2.45. The smallest absolute Gasteiger partial charge is 0.264 e. The summed E-state index contributed by atoms with van der Waals surface area (Å²) >= 11 is 12.3. The van der Waals surface area contributed by atoms with Crippen LogP contribution < -0.4 is 4.90 Å². The van der Waals surface area contributed by atoms with Crippen molar-refractivity contribution in [3.8, 4) is 0 Å². The number of hydrogen-bond acceptors (Lipinski definition) is 7. The van der Waals surface area contributed by atoms with Gasteiger partial charge in [0.25, 0.3) is 17.7 Å². The summed E-state index contributed by atoms with van der Waals surface area (Å²) in [5.41, 5.74) is 5.35. The highest BCUT2D eigenvalue weighted by Gasteiger charge is 2.55. The van der Waals surface area contributed by atoms with Gasteiger partial charge in [-0.3, -0.25) is 19.4 Å². The average molecular weight is 628 g/mol. The first-order chi connectivity index (χ1) is 21.3. The number of amides is 3. The van der Waals surface area contributed by atoms with Crippen molar-refractivity contribution in [1.29, 1.82) is 0 Å². The third kappa shape index (κ3) is 5.00. The number of allylic oxidation sites excluding steroid dienone is 1. The molecule has 3 amide bonds. The highest BCUT2D eigenvalue weighted by molar-refractivity contribution is 6.31. The fourth-order valence-electron chi connectivity index (χ4n) is 6.47. The largest absolute Gasteiger partial charge is 0.271 e. The summed E-state index contributed by atoms with van der Waals surface area (Å²) in [7, 11) is 0. The van der Waals surface area contributed by atoms with Crippen molar-refractivity contribution in [3.05, 3.63) is 105 Å². The number of halogens is 2. The molecule has 2 fully saturated rings. The maximum atomic E-state index is 14.1. The Morgan fingerprint density at radius 3 is 2.30 bits per heavy atom. The second-order valence-corrected chi connectivity index (χ2v) is 12.4. The van der Waals surface area contributed by atoms with E-state index in [-0.39, 0.29) is 24.4 Å². The highest BCUT2D eigenvalue weighted by atomic mass is 35.5. The summed E-state index contributed by atoms with van der Waals surface area (Å²) in [6.07, 6.45) is 4.75. The van der Waals surface area contributed by atoms with Gasteiger partial charge in [0.1, 0.15) is 6.54 Å². The normalized spacial score (nSPS) is 25.1. The predicted octanol–water partition coefficient (Wildman–Crippen LogP) is 6.42. The molecule has 9 nitrogen and oxygen atoms in total. The van der Waals surface area contributed by atoms with Crippen molar-refractivity contribution < 1.29 is 14.4 Å². The molecule has 0 aromatic heterocycles. The van der Waals surface area contributed by atoms with Gasteiger partial charge in [0.2, 0.25) is 0 Å². The Morgan fingerprint density at radius 1 is 0.909 bits per heavy atom. The number of aryl methyl sites for hydroxylation is 1. The number of hydrogen-bond donors (Lipinski definition) is 0. The van der Waals surface area contributed by atoms with E-state index >= 15 is 0 Å². The van der Waals surface area contributed by atoms with Gasteiger partial charge in [-0.1, -0.05) is 70.4 Å². The molecule has 44 heavy (non-hydrogen) atoms. The zero-order valence-corrected chi connectivity index (χ0v) is 25.3. The summed E-state index contributed by atoms with van der Waals surface area (Å²) in [4.78, 5) is 41.9. The molecule has 7 rings (SSSR count). The van der Waals surface area contributed by atoms with Crippen LogP contribution in [0.15, 0.2) is 93.8 Å². The summed E-state index contributed by atoms with van der Waals surface area (Å²) in [5.74, 6) is -1.27. The van der Waals surface area contributed by atoms with Crippen molar-refractivity contribution in [3.63, 3.8) is 0 Å². The van der Waals surface area contributed by atoms with Crippen LogP contribution in [0.1, 0.15) is 42.0 Å². The van der Waals surface area contributed by atoms with E-state index in [4.69, 9.17) is 28.3 Å². The van der Waals surface area contributed by atoms with Crippen molar-refractivity contribution in [2.75, 3.05) is 11.4 Å². The number of hydrazone groups is 1. The summed E-state index contributed by atoms with van der Waals surface area (Å²) in [6, 6.07) is 19.9. The van der Waals surface area contributed by atoms with Gasteiger partial charge in [-0.2, -0.15) is 10.2 Å². The second kappa shape index (κ2) is 11.3. The van der Waals surface area contributed by atoms with Crippen LogP contribution in [-0.4, -0.2) is 52.1 Å². The molecule has 11 heteroatoms. The number of fused-ring (bicyclic) bond motifs is 2. The molecule has 1 aliphatic carbocycles. The van der Waals surface area contributed by atoms with Gasteiger partial charge < -0.3 is 0 Å².